The van der Waals surface area contributed by atoms with Crippen LogP contribution in [-0.4, -0.2) is 24.5 Å². The summed E-state index contributed by atoms with van der Waals surface area (Å²) in [5.74, 6) is -0.608. The highest BCUT2D eigenvalue weighted by atomic mass is 79.9. The number of hydrogen-bond acceptors (Lipinski definition) is 3. The van der Waals surface area contributed by atoms with Gasteiger partial charge in [0.1, 0.15) is 5.82 Å². The standard InChI is InChI=1S/C17H21BrFNO3/c1-10-4-3-5-15(11(10)2)20-16(21)9-23-17(22)13-8-12(19)6-7-14(13)18/h6-8,10-11,15H,3-5,9H2,1-2H3,(H,20,21)/t10-,11+,15-/m0/s1. The van der Waals surface area contributed by atoms with Gasteiger partial charge >= 0.3 is 5.97 Å². The van der Waals surface area contributed by atoms with Gasteiger partial charge in [0.05, 0.1) is 5.56 Å². The second kappa shape index (κ2) is 7.90. The molecule has 0 aliphatic heterocycles. The van der Waals surface area contributed by atoms with Crippen LogP contribution in [0.1, 0.15) is 43.5 Å². The molecular weight excluding hydrogens is 365 g/mol. The first-order valence-electron chi connectivity index (χ1n) is 7.80. The molecule has 0 unspecified atom stereocenters. The van der Waals surface area contributed by atoms with Crippen molar-refractivity contribution in [3.8, 4) is 0 Å². The first-order valence-corrected chi connectivity index (χ1v) is 8.59. The van der Waals surface area contributed by atoms with Gasteiger partial charge in [-0.05, 0) is 52.4 Å². The Balaban J connectivity index is 1.86. The van der Waals surface area contributed by atoms with Crippen LogP contribution < -0.4 is 5.32 Å². The van der Waals surface area contributed by atoms with Gasteiger partial charge in [0.15, 0.2) is 6.61 Å². The average Bonchev–Trinajstić information content (AvgIpc) is 2.52. The molecule has 126 valence electrons. The van der Waals surface area contributed by atoms with Crippen LogP contribution in [0.4, 0.5) is 4.39 Å². The molecule has 1 aliphatic rings. The van der Waals surface area contributed by atoms with Crippen molar-refractivity contribution in [3.63, 3.8) is 0 Å². The van der Waals surface area contributed by atoms with Crippen molar-refractivity contribution in [1.29, 1.82) is 0 Å². The smallest absolute Gasteiger partial charge is 0.339 e. The maximum absolute atomic E-state index is 13.2. The number of carbonyl (C=O) groups is 2. The van der Waals surface area contributed by atoms with Crippen molar-refractivity contribution in [1.82, 2.24) is 5.32 Å². The Hall–Kier alpha value is -1.43. The van der Waals surface area contributed by atoms with Gasteiger partial charge in [-0.25, -0.2) is 9.18 Å². The SMILES string of the molecule is C[C@H]1[C@@H](NC(=O)COC(=O)c2cc(F)ccc2Br)CCC[C@@H]1C. The highest BCUT2D eigenvalue weighted by Crippen LogP contribution is 2.29. The molecule has 1 fully saturated rings. The molecule has 0 radical (unpaired) electrons. The van der Waals surface area contributed by atoms with Crippen molar-refractivity contribution in [2.24, 2.45) is 11.8 Å². The summed E-state index contributed by atoms with van der Waals surface area (Å²) in [4.78, 5) is 23.9. The topological polar surface area (TPSA) is 55.4 Å². The summed E-state index contributed by atoms with van der Waals surface area (Å²) < 4.78 is 18.6. The number of esters is 1. The summed E-state index contributed by atoms with van der Waals surface area (Å²) in [5.41, 5.74) is 0.0671. The molecule has 2 rings (SSSR count). The monoisotopic (exact) mass is 385 g/mol. The molecule has 0 saturated heterocycles. The van der Waals surface area contributed by atoms with Crippen LogP contribution in [0.15, 0.2) is 22.7 Å². The lowest BCUT2D eigenvalue weighted by molar-refractivity contribution is -0.125. The van der Waals surface area contributed by atoms with Gasteiger partial charge in [-0.15, -0.1) is 0 Å². The summed E-state index contributed by atoms with van der Waals surface area (Å²) >= 11 is 3.16. The number of amides is 1. The Kier molecular flexibility index (Phi) is 6.16. The Morgan fingerprint density at radius 2 is 2.09 bits per heavy atom. The van der Waals surface area contributed by atoms with Crippen LogP contribution in [0.2, 0.25) is 0 Å². The lowest BCUT2D eigenvalue weighted by Gasteiger charge is -2.34. The number of ether oxygens (including phenoxy) is 1. The molecule has 4 nitrogen and oxygen atoms in total. The van der Waals surface area contributed by atoms with Gasteiger partial charge in [-0.1, -0.05) is 26.7 Å². The number of carbonyl (C=O) groups excluding carboxylic acids is 2. The quantitative estimate of drug-likeness (QED) is 0.804. The van der Waals surface area contributed by atoms with Gasteiger partial charge in [0.25, 0.3) is 5.91 Å². The van der Waals surface area contributed by atoms with Gasteiger partial charge < -0.3 is 10.1 Å². The van der Waals surface area contributed by atoms with Crippen molar-refractivity contribution >= 4 is 27.8 Å². The molecule has 1 aromatic rings. The number of benzene rings is 1. The molecule has 6 heteroatoms. The summed E-state index contributed by atoms with van der Waals surface area (Å²) in [6.07, 6.45) is 3.21. The highest BCUT2D eigenvalue weighted by molar-refractivity contribution is 9.10. The minimum absolute atomic E-state index is 0.0671. The molecular formula is C17H21BrFNO3. The molecule has 0 aromatic heterocycles. The lowest BCUT2D eigenvalue weighted by Crippen LogP contribution is -2.45. The van der Waals surface area contributed by atoms with Crippen LogP contribution in [0.25, 0.3) is 0 Å². The van der Waals surface area contributed by atoms with Crippen molar-refractivity contribution in [3.05, 3.63) is 34.1 Å². The molecule has 1 saturated carbocycles. The molecule has 3 atom stereocenters. The zero-order valence-electron chi connectivity index (χ0n) is 13.3. The number of hydrogen-bond donors (Lipinski definition) is 1. The van der Waals surface area contributed by atoms with Gasteiger partial charge in [0.2, 0.25) is 0 Å². The van der Waals surface area contributed by atoms with Crippen molar-refractivity contribution < 1.29 is 18.7 Å². The van der Waals surface area contributed by atoms with Crippen LogP contribution in [-0.2, 0) is 9.53 Å². The van der Waals surface area contributed by atoms with E-state index in [4.69, 9.17) is 4.74 Å². The highest BCUT2D eigenvalue weighted by Gasteiger charge is 2.28. The molecule has 0 bridgehead atoms. The molecule has 23 heavy (non-hydrogen) atoms. The summed E-state index contributed by atoms with van der Waals surface area (Å²) in [5, 5.41) is 2.93. The third kappa shape index (κ3) is 4.77. The third-order valence-corrected chi connectivity index (χ3v) is 5.23. The van der Waals surface area contributed by atoms with E-state index in [0.717, 1.165) is 18.9 Å². The molecule has 0 spiro atoms. The Morgan fingerprint density at radius 1 is 1.35 bits per heavy atom. The van der Waals surface area contributed by atoms with Gasteiger partial charge in [-0.3, -0.25) is 4.79 Å². The summed E-state index contributed by atoms with van der Waals surface area (Å²) in [7, 11) is 0. The summed E-state index contributed by atoms with van der Waals surface area (Å²) in [6, 6.07) is 3.86. The normalized spacial score (nSPS) is 24.1. The Morgan fingerprint density at radius 3 is 2.83 bits per heavy atom. The van der Waals surface area contributed by atoms with E-state index in [1.165, 1.54) is 18.6 Å². The minimum atomic E-state index is -0.725. The van der Waals surface area contributed by atoms with E-state index in [1.54, 1.807) is 0 Å². The van der Waals surface area contributed by atoms with Crippen LogP contribution in [0, 0.1) is 17.7 Å². The lowest BCUT2D eigenvalue weighted by atomic mass is 9.78. The fourth-order valence-electron chi connectivity index (χ4n) is 2.90. The minimum Gasteiger partial charge on any atom is -0.452 e. The third-order valence-electron chi connectivity index (χ3n) is 4.54. The van der Waals surface area contributed by atoms with Gasteiger partial charge in [-0.2, -0.15) is 0 Å². The Labute approximate surface area is 143 Å². The second-order valence-corrected chi connectivity index (χ2v) is 7.00. The fourth-order valence-corrected chi connectivity index (χ4v) is 3.31. The van der Waals surface area contributed by atoms with E-state index in [2.05, 4.69) is 35.1 Å². The zero-order chi connectivity index (χ0) is 17.0. The Bertz CT molecular complexity index is 593. The molecule has 1 aliphatic carbocycles. The largest absolute Gasteiger partial charge is 0.452 e. The van der Waals surface area contributed by atoms with E-state index < -0.39 is 11.8 Å². The maximum Gasteiger partial charge on any atom is 0.339 e. The molecule has 0 heterocycles. The van der Waals surface area contributed by atoms with Crippen molar-refractivity contribution in [2.45, 2.75) is 39.2 Å². The molecule has 1 amide bonds. The van der Waals surface area contributed by atoms with Crippen LogP contribution >= 0.6 is 15.9 Å². The predicted octanol–water partition coefficient (Wildman–Crippen LogP) is 3.69. The number of halogens is 2. The zero-order valence-corrected chi connectivity index (χ0v) is 14.9. The van der Waals surface area contributed by atoms with E-state index in [0.29, 0.717) is 16.3 Å². The average molecular weight is 386 g/mol. The van der Waals surface area contributed by atoms with E-state index in [9.17, 15) is 14.0 Å². The molecule has 1 N–H and O–H groups in total. The number of rotatable bonds is 4. The first kappa shape index (κ1) is 17.9. The molecule has 1 aromatic carbocycles. The van der Waals surface area contributed by atoms with E-state index in [-0.39, 0.29) is 24.1 Å². The van der Waals surface area contributed by atoms with Crippen LogP contribution in [0.3, 0.4) is 0 Å². The van der Waals surface area contributed by atoms with Crippen molar-refractivity contribution in [2.75, 3.05) is 6.61 Å². The summed E-state index contributed by atoms with van der Waals surface area (Å²) in [6.45, 7) is 3.95. The predicted molar refractivity (Wildman–Crippen MR) is 88.5 cm³/mol. The van der Waals surface area contributed by atoms with E-state index >= 15 is 0 Å². The first-order chi connectivity index (χ1) is 10.9. The fraction of sp³-hybridized carbons (Fsp3) is 0.529. The van der Waals surface area contributed by atoms with Crippen LogP contribution in [0.5, 0.6) is 0 Å². The number of nitrogens with one attached hydrogen (secondary N) is 1. The second-order valence-electron chi connectivity index (χ2n) is 6.14. The van der Waals surface area contributed by atoms with Gasteiger partial charge in [0, 0.05) is 10.5 Å². The maximum atomic E-state index is 13.2. The van der Waals surface area contributed by atoms with E-state index in [1.807, 2.05) is 0 Å².